The monoisotopic (exact) mass is 411 g/mol. The molecule has 2 aromatic rings. The highest BCUT2D eigenvalue weighted by molar-refractivity contribution is 5.85. The maximum absolute atomic E-state index is 10.9. The zero-order chi connectivity index (χ0) is 17.1. The van der Waals surface area contributed by atoms with Crippen LogP contribution in [0.15, 0.2) is 30.3 Å². The number of hydrogen-bond donors (Lipinski definition) is 2. The summed E-state index contributed by atoms with van der Waals surface area (Å²) < 4.78 is 0. The minimum absolute atomic E-state index is 0. The Balaban J connectivity index is 0.00000131. The van der Waals surface area contributed by atoms with Crippen molar-refractivity contribution in [1.82, 2.24) is 10.3 Å². The van der Waals surface area contributed by atoms with Crippen molar-refractivity contribution in [2.75, 3.05) is 31.1 Å². The van der Waals surface area contributed by atoms with E-state index in [1.165, 1.54) is 17.4 Å². The van der Waals surface area contributed by atoms with Gasteiger partial charge in [-0.15, -0.1) is 24.8 Å². The van der Waals surface area contributed by atoms with Gasteiger partial charge in [-0.2, -0.15) is 0 Å². The molecule has 1 aliphatic heterocycles. The van der Waals surface area contributed by atoms with E-state index in [4.69, 9.17) is 4.98 Å². The summed E-state index contributed by atoms with van der Waals surface area (Å²) in [6, 6.07) is 10.7. The third-order valence-corrected chi connectivity index (χ3v) is 5.84. The zero-order valence-corrected chi connectivity index (χ0v) is 17.5. The lowest BCUT2D eigenvalue weighted by atomic mass is 9.81. The highest BCUT2D eigenvalue weighted by Crippen LogP contribution is 2.33. The van der Waals surface area contributed by atoms with Gasteiger partial charge in [0.05, 0.1) is 11.1 Å². The van der Waals surface area contributed by atoms with Crippen molar-refractivity contribution in [2.24, 2.45) is 0 Å². The Morgan fingerprint density at radius 2 is 1.74 bits per heavy atom. The summed E-state index contributed by atoms with van der Waals surface area (Å²) in [7, 11) is 0. The van der Waals surface area contributed by atoms with E-state index < -0.39 is 5.60 Å². The average Bonchev–Trinajstić information content (AvgIpc) is 2.67. The summed E-state index contributed by atoms with van der Waals surface area (Å²) in [6.07, 6.45) is 7.27. The van der Waals surface area contributed by atoms with Crippen LogP contribution in [0.25, 0.3) is 10.9 Å². The van der Waals surface area contributed by atoms with E-state index in [-0.39, 0.29) is 24.8 Å². The molecule has 4 nitrogen and oxygen atoms in total. The normalized spacial score (nSPS) is 19.2. The molecule has 4 rings (SSSR count). The Morgan fingerprint density at radius 1 is 1.04 bits per heavy atom. The lowest BCUT2D eigenvalue weighted by Gasteiger charge is -2.33. The van der Waals surface area contributed by atoms with Gasteiger partial charge >= 0.3 is 0 Å². The summed E-state index contributed by atoms with van der Waals surface area (Å²) >= 11 is 0. The van der Waals surface area contributed by atoms with Gasteiger partial charge in [0.2, 0.25) is 0 Å². The molecule has 1 aromatic heterocycles. The minimum atomic E-state index is -0.468. The molecule has 1 saturated carbocycles. The quantitative estimate of drug-likeness (QED) is 0.794. The second-order valence-electron chi connectivity index (χ2n) is 7.69. The molecule has 2 heterocycles. The summed E-state index contributed by atoms with van der Waals surface area (Å²) in [5.74, 6) is 1.12. The maximum Gasteiger partial charge on any atom is 0.132 e. The number of aromatic nitrogens is 1. The van der Waals surface area contributed by atoms with Gasteiger partial charge in [0.15, 0.2) is 0 Å². The van der Waals surface area contributed by atoms with Gasteiger partial charge in [-0.1, -0.05) is 37.5 Å². The number of anilines is 1. The van der Waals surface area contributed by atoms with Crippen LogP contribution < -0.4 is 10.2 Å². The van der Waals surface area contributed by atoms with Gasteiger partial charge in [0.25, 0.3) is 0 Å². The molecule has 1 aliphatic carbocycles. The Bertz CT molecular complexity index is 728. The first kappa shape index (κ1) is 22.2. The second kappa shape index (κ2) is 9.92. The number of aryl methyl sites for hydroxylation is 1. The van der Waals surface area contributed by atoms with Gasteiger partial charge in [0, 0.05) is 31.6 Å². The molecule has 0 unspecified atom stereocenters. The van der Waals surface area contributed by atoms with Crippen LogP contribution in [0.3, 0.4) is 0 Å². The topological polar surface area (TPSA) is 48.4 Å². The Hall–Kier alpha value is -1.07. The van der Waals surface area contributed by atoms with Gasteiger partial charge in [-0.3, -0.25) is 0 Å². The van der Waals surface area contributed by atoms with Crippen LogP contribution in [0.1, 0.15) is 44.1 Å². The standard InChI is InChI=1S/C21H29N3O.2ClH/c25-21(9-4-1-5-10-21)11-8-18-16-17-6-2-3-7-19(17)23-20(18)24-14-12-22-13-15-24;;/h2-3,6-7,16,22,25H,1,4-5,8-15H2;2*1H. The zero-order valence-electron chi connectivity index (χ0n) is 15.8. The lowest BCUT2D eigenvalue weighted by Crippen LogP contribution is -2.44. The Labute approximate surface area is 174 Å². The van der Waals surface area contributed by atoms with Crippen LogP contribution in [0, 0.1) is 0 Å². The van der Waals surface area contributed by atoms with Crippen molar-refractivity contribution < 1.29 is 5.11 Å². The molecule has 2 aliphatic rings. The van der Waals surface area contributed by atoms with E-state index in [9.17, 15) is 5.11 Å². The number of hydrogen-bond acceptors (Lipinski definition) is 4. The van der Waals surface area contributed by atoms with Crippen molar-refractivity contribution in [1.29, 1.82) is 0 Å². The van der Waals surface area contributed by atoms with E-state index in [0.29, 0.717) is 0 Å². The first-order chi connectivity index (χ1) is 12.2. The van der Waals surface area contributed by atoms with Crippen LogP contribution in [-0.2, 0) is 6.42 Å². The molecule has 0 amide bonds. The molecule has 2 N–H and O–H groups in total. The molecule has 27 heavy (non-hydrogen) atoms. The van der Waals surface area contributed by atoms with E-state index >= 15 is 0 Å². The molecular formula is C21H31Cl2N3O. The summed E-state index contributed by atoms with van der Waals surface area (Å²) in [6.45, 7) is 4.03. The van der Waals surface area contributed by atoms with Gasteiger partial charge in [-0.25, -0.2) is 4.98 Å². The number of rotatable bonds is 4. The summed E-state index contributed by atoms with van der Waals surface area (Å²) in [5.41, 5.74) is 1.89. The molecule has 0 spiro atoms. The smallest absolute Gasteiger partial charge is 0.132 e. The molecule has 0 radical (unpaired) electrons. The Kier molecular flexibility index (Phi) is 8.17. The lowest BCUT2D eigenvalue weighted by molar-refractivity contribution is -0.00340. The molecule has 1 aromatic carbocycles. The first-order valence-electron chi connectivity index (χ1n) is 9.80. The summed E-state index contributed by atoms with van der Waals surface area (Å²) in [5, 5.41) is 15.5. The largest absolute Gasteiger partial charge is 0.390 e. The SMILES string of the molecule is Cl.Cl.OC1(CCc2cc3ccccc3nc2N2CCNCC2)CCCCC1. The molecule has 0 atom stereocenters. The number of piperazine rings is 1. The third-order valence-electron chi connectivity index (χ3n) is 5.84. The maximum atomic E-state index is 10.9. The fraction of sp³-hybridized carbons (Fsp3) is 0.571. The van der Waals surface area contributed by atoms with E-state index in [2.05, 4.69) is 40.5 Å². The second-order valence-corrected chi connectivity index (χ2v) is 7.69. The number of fused-ring (bicyclic) bond motifs is 1. The predicted molar refractivity (Wildman–Crippen MR) is 118 cm³/mol. The van der Waals surface area contributed by atoms with Crippen LogP contribution in [0.2, 0.25) is 0 Å². The molecular weight excluding hydrogens is 381 g/mol. The van der Waals surface area contributed by atoms with Gasteiger partial charge in [-0.05, 0) is 43.4 Å². The average molecular weight is 412 g/mol. The van der Waals surface area contributed by atoms with Crippen molar-refractivity contribution in [3.63, 3.8) is 0 Å². The number of para-hydroxylation sites is 1. The number of pyridine rings is 1. The van der Waals surface area contributed by atoms with Gasteiger partial charge < -0.3 is 15.3 Å². The van der Waals surface area contributed by atoms with Crippen LogP contribution in [0.5, 0.6) is 0 Å². The number of halogens is 2. The highest BCUT2D eigenvalue weighted by atomic mass is 35.5. The number of aliphatic hydroxyl groups is 1. The van der Waals surface area contributed by atoms with E-state index in [1.807, 2.05) is 0 Å². The first-order valence-corrected chi connectivity index (χ1v) is 9.80. The van der Waals surface area contributed by atoms with Crippen molar-refractivity contribution in [3.05, 3.63) is 35.9 Å². The van der Waals surface area contributed by atoms with Crippen molar-refractivity contribution >= 4 is 41.5 Å². The van der Waals surface area contributed by atoms with Gasteiger partial charge in [0.1, 0.15) is 5.82 Å². The highest BCUT2D eigenvalue weighted by Gasteiger charge is 2.29. The third kappa shape index (κ3) is 5.26. The number of benzene rings is 1. The molecule has 0 bridgehead atoms. The predicted octanol–water partition coefficient (Wildman–Crippen LogP) is 4.12. The molecule has 6 heteroatoms. The Morgan fingerprint density at radius 3 is 2.48 bits per heavy atom. The number of nitrogens with zero attached hydrogens (tertiary/aromatic N) is 2. The minimum Gasteiger partial charge on any atom is -0.390 e. The van der Waals surface area contributed by atoms with E-state index in [1.54, 1.807) is 0 Å². The number of nitrogens with one attached hydrogen (secondary N) is 1. The van der Waals surface area contributed by atoms with Crippen molar-refractivity contribution in [2.45, 2.75) is 50.5 Å². The molecule has 2 fully saturated rings. The van der Waals surface area contributed by atoms with E-state index in [0.717, 1.165) is 76.0 Å². The molecule has 1 saturated heterocycles. The van der Waals surface area contributed by atoms with Crippen LogP contribution >= 0.6 is 24.8 Å². The van der Waals surface area contributed by atoms with Crippen molar-refractivity contribution in [3.8, 4) is 0 Å². The fourth-order valence-corrected chi connectivity index (χ4v) is 4.31. The fourth-order valence-electron chi connectivity index (χ4n) is 4.31. The van der Waals surface area contributed by atoms with Crippen LogP contribution in [-0.4, -0.2) is 41.9 Å². The molecule has 150 valence electrons. The summed E-state index contributed by atoms with van der Waals surface area (Å²) in [4.78, 5) is 7.41. The van der Waals surface area contributed by atoms with Crippen LogP contribution in [0.4, 0.5) is 5.82 Å².